The van der Waals surface area contributed by atoms with Crippen LogP contribution in [0.15, 0.2) is 30.7 Å². The van der Waals surface area contributed by atoms with Gasteiger partial charge in [-0.05, 0) is 37.7 Å². The lowest BCUT2D eigenvalue weighted by molar-refractivity contribution is 0.617. The summed E-state index contributed by atoms with van der Waals surface area (Å²) in [4.78, 5) is 8.75. The fraction of sp³-hybridized carbons (Fsp3) is 0.467. The molecule has 0 spiro atoms. The Balaban J connectivity index is 1.71. The molecule has 2 atom stereocenters. The van der Waals surface area contributed by atoms with Gasteiger partial charge in [0.1, 0.15) is 11.6 Å². The average Bonchev–Trinajstić information content (AvgIpc) is 2.89. The smallest absolute Gasteiger partial charge is 0.138 e. The van der Waals surface area contributed by atoms with Gasteiger partial charge in [-0.3, -0.25) is 4.57 Å². The molecule has 1 saturated heterocycles. The first-order chi connectivity index (χ1) is 9.74. The fourth-order valence-electron chi connectivity index (χ4n) is 2.56. The van der Waals surface area contributed by atoms with Gasteiger partial charge in [0.2, 0.25) is 0 Å². The quantitative estimate of drug-likeness (QED) is 0.941. The maximum atomic E-state index is 4.53. The molecular formula is C15H20N4S. The van der Waals surface area contributed by atoms with Crippen LogP contribution >= 0.6 is 11.8 Å². The van der Waals surface area contributed by atoms with Crippen molar-refractivity contribution in [2.45, 2.75) is 38.0 Å². The van der Waals surface area contributed by atoms with E-state index in [4.69, 9.17) is 0 Å². The second kappa shape index (κ2) is 5.87. The summed E-state index contributed by atoms with van der Waals surface area (Å²) in [5, 5.41) is 4.28. The van der Waals surface area contributed by atoms with Gasteiger partial charge < -0.3 is 5.32 Å². The summed E-state index contributed by atoms with van der Waals surface area (Å²) in [6, 6.07) is 4.70. The van der Waals surface area contributed by atoms with Gasteiger partial charge in [0.05, 0.1) is 11.9 Å². The maximum Gasteiger partial charge on any atom is 0.138 e. The minimum absolute atomic E-state index is 0.552. The molecule has 1 N–H and O–H groups in total. The van der Waals surface area contributed by atoms with Crippen LogP contribution in [0.1, 0.15) is 25.6 Å². The van der Waals surface area contributed by atoms with Crippen molar-refractivity contribution in [2.75, 3.05) is 11.1 Å². The van der Waals surface area contributed by atoms with E-state index in [0.717, 1.165) is 17.3 Å². The minimum atomic E-state index is 0.552. The molecule has 2 aromatic rings. The second-order valence-corrected chi connectivity index (χ2v) is 6.70. The zero-order chi connectivity index (χ0) is 13.9. The molecule has 0 amide bonds. The molecule has 5 heteroatoms. The largest absolute Gasteiger partial charge is 0.380 e. The van der Waals surface area contributed by atoms with E-state index in [1.165, 1.54) is 18.6 Å². The molecule has 2 aromatic heterocycles. The van der Waals surface area contributed by atoms with Crippen LogP contribution in [-0.2, 0) is 0 Å². The predicted octanol–water partition coefficient (Wildman–Crippen LogP) is 3.27. The number of pyridine rings is 1. The topological polar surface area (TPSA) is 42.7 Å². The molecule has 3 heterocycles. The zero-order valence-corrected chi connectivity index (χ0v) is 12.7. The van der Waals surface area contributed by atoms with E-state index in [0.29, 0.717) is 11.3 Å². The molecule has 1 aliphatic heterocycles. The Kier molecular flexibility index (Phi) is 3.96. The molecule has 106 valence electrons. The summed E-state index contributed by atoms with van der Waals surface area (Å²) in [5.74, 6) is 3.16. The van der Waals surface area contributed by atoms with Crippen molar-refractivity contribution in [3.8, 4) is 5.82 Å². The Morgan fingerprint density at radius 1 is 1.35 bits per heavy atom. The van der Waals surface area contributed by atoms with E-state index in [2.05, 4.69) is 40.0 Å². The summed E-state index contributed by atoms with van der Waals surface area (Å²) >= 11 is 2.05. The molecule has 4 nitrogen and oxygen atoms in total. The molecular weight excluding hydrogens is 268 g/mol. The van der Waals surface area contributed by atoms with E-state index >= 15 is 0 Å². The third-order valence-electron chi connectivity index (χ3n) is 3.78. The molecule has 0 saturated carbocycles. The van der Waals surface area contributed by atoms with Gasteiger partial charge in [0.15, 0.2) is 0 Å². The van der Waals surface area contributed by atoms with Crippen molar-refractivity contribution in [1.29, 1.82) is 0 Å². The van der Waals surface area contributed by atoms with Crippen LogP contribution in [-0.4, -0.2) is 31.6 Å². The lowest BCUT2D eigenvalue weighted by Gasteiger charge is -2.29. The van der Waals surface area contributed by atoms with Gasteiger partial charge in [0.25, 0.3) is 0 Å². The number of hydrogen-bond acceptors (Lipinski definition) is 4. The molecule has 1 fully saturated rings. The molecule has 0 radical (unpaired) electrons. The van der Waals surface area contributed by atoms with Crippen molar-refractivity contribution >= 4 is 17.4 Å². The molecule has 20 heavy (non-hydrogen) atoms. The van der Waals surface area contributed by atoms with Gasteiger partial charge in [-0.15, -0.1) is 0 Å². The number of nitrogens with zero attached hydrogens (tertiary/aromatic N) is 3. The number of aromatic nitrogens is 3. The predicted molar refractivity (Wildman–Crippen MR) is 84.7 cm³/mol. The Morgan fingerprint density at radius 3 is 2.90 bits per heavy atom. The van der Waals surface area contributed by atoms with Crippen LogP contribution in [0.5, 0.6) is 0 Å². The van der Waals surface area contributed by atoms with E-state index < -0.39 is 0 Å². The van der Waals surface area contributed by atoms with Crippen LogP contribution < -0.4 is 5.32 Å². The zero-order valence-electron chi connectivity index (χ0n) is 11.9. The highest BCUT2D eigenvalue weighted by molar-refractivity contribution is 8.00. The Morgan fingerprint density at radius 2 is 2.25 bits per heavy atom. The highest BCUT2D eigenvalue weighted by Crippen LogP contribution is 2.27. The second-order valence-electron chi connectivity index (χ2n) is 5.22. The average molecular weight is 288 g/mol. The van der Waals surface area contributed by atoms with Crippen molar-refractivity contribution in [3.05, 3.63) is 36.5 Å². The van der Waals surface area contributed by atoms with Crippen molar-refractivity contribution < 1.29 is 0 Å². The molecule has 0 bridgehead atoms. The van der Waals surface area contributed by atoms with E-state index in [1.807, 2.05) is 30.0 Å². The van der Waals surface area contributed by atoms with Gasteiger partial charge in [-0.1, -0.05) is 6.92 Å². The van der Waals surface area contributed by atoms with Crippen molar-refractivity contribution in [3.63, 3.8) is 0 Å². The van der Waals surface area contributed by atoms with Crippen molar-refractivity contribution in [2.24, 2.45) is 0 Å². The van der Waals surface area contributed by atoms with E-state index in [9.17, 15) is 0 Å². The third kappa shape index (κ3) is 2.82. The van der Waals surface area contributed by atoms with Crippen LogP contribution in [0.4, 0.5) is 5.69 Å². The Bertz CT molecular complexity index is 564. The molecule has 0 aromatic carbocycles. The lowest BCUT2D eigenvalue weighted by atomic mass is 10.1. The Labute approximate surface area is 124 Å². The highest BCUT2D eigenvalue weighted by Gasteiger charge is 2.21. The maximum absolute atomic E-state index is 4.53. The Hall–Kier alpha value is -1.49. The van der Waals surface area contributed by atoms with Crippen LogP contribution in [0.3, 0.4) is 0 Å². The number of anilines is 1. The number of nitrogens with one attached hydrogen (secondary N) is 1. The van der Waals surface area contributed by atoms with Gasteiger partial charge in [-0.25, -0.2) is 9.97 Å². The van der Waals surface area contributed by atoms with Crippen LogP contribution in [0, 0.1) is 6.92 Å². The van der Waals surface area contributed by atoms with E-state index in [1.54, 1.807) is 6.20 Å². The van der Waals surface area contributed by atoms with Crippen LogP contribution in [0.25, 0.3) is 5.82 Å². The first-order valence-electron chi connectivity index (χ1n) is 7.08. The first kappa shape index (κ1) is 13.5. The van der Waals surface area contributed by atoms with Gasteiger partial charge >= 0.3 is 0 Å². The SMILES string of the molecule is Cc1nccn1-c1ccc(NC2CCCSC2C)cn1. The van der Waals surface area contributed by atoms with Crippen molar-refractivity contribution in [1.82, 2.24) is 14.5 Å². The monoisotopic (exact) mass is 288 g/mol. The van der Waals surface area contributed by atoms with Gasteiger partial charge in [0, 0.05) is 23.7 Å². The number of hydrogen-bond donors (Lipinski definition) is 1. The molecule has 3 rings (SSSR count). The van der Waals surface area contributed by atoms with E-state index in [-0.39, 0.29) is 0 Å². The van der Waals surface area contributed by atoms with Gasteiger partial charge in [-0.2, -0.15) is 11.8 Å². The molecule has 1 aliphatic rings. The highest BCUT2D eigenvalue weighted by atomic mass is 32.2. The number of imidazole rings is 1. The number of aryl methyl sites for hydroxylation is 1. The first-order valence-corrected chi connectivity index (χ1v) is 8.13. The standard InChI is InChI=1S/C15H20N4S/c1-11-14(4-3-9-20-11)18-13-5-6-15(17-10-13)19-8-7-16-12(19)2/h5-8,10-11,14,18H,3-4,9H2,1-2H3. The number of thioether (sulfide) groups is 1. The number of rotatable bonds is 3. The molecule has 0 aliphatic carbocycles. The summed E-state index contributed by atoms with van der Waals surface area (Å²) in [6.45, 7) is 4.28. The summed E-state index contributed by atoms with van der Waals surface area (Å²) in [6.07, 6.45) is 8.19. The summed E-state index contributed by atoms with van der Waals surface area (Å²) < 4.78 is 1.99. The third-order valence-corrected chi connectivity index (χ3v) is 5.16. The normalized spacial score (nSPS) is 22.7. The summed E-state index contributed by atoms with van der Waals surface area (Å²) in [5.41, 5.74) is 1.10. The van der Waals surface area contributed by atoms with Crippen LogP contribution in [0.2, 0.25) is 0 Å². The fourth-order valence-corrected chi connectivity index (χ4v) is 3.70. The summed E-state index contributed by atoms with van der Waals surface area (Å²) in [7, 11) is 0. The lowest BCUT2D eigenvalue weighted by Crippen LogP contribution is -2.32. The molecule has 2 unspecified atom stereocenters. The minimum Gasteiger partial charge on any atom is -0.380 e.